The summed E-state index contributed by atoms with van der Waals surface area (Å²) in [5.74, 6) is -0.133. The van der Waals surface area contributed by atoms with Gasteiger partial charge in [-0.3, -0.25) is 0 Å². The summed E-state index contributed by atoms with van der Waals surface area (Å²) < 4.78 is 27.0. The molecule has 22 heavy (non-hydrogen) atoms. The molecule has 0 bridgehead atoms. The van der Waals surface area contributed by atoms with Crippen molar-refractivity contribution in [2.24, 2.45) is 0 Å². The Hall–Kier alpha value is -2.41. The van der Waals surface area contributed by atoms with Crippen molar-refractivity contribution in [3.05, 3.63) is 47.8 Å². The van der Waals surface area contributed by atoms with Crippen LogP contribution in [0.4, 0.5) is 0 Å². The van der Waals surface area contributed by atoms with Crippen LogP contribution in [0.3, 0.4) is 0 Å². The van der Waals surface area contributed by atoms with Crippen molar-refractivity contribution < 1.29 is 13.5 Å². The lowest BCUT2D eigenvalue weighted by atomic mass is 10.3. The Morgan fingerprint density at radius 3 is 2.55 bits per heavy atom. The van der Waals surface area contributed by atoms with Gasteiger partial charge in [0.25, 0.3) is 0 Å². The van der Waals surface area contributed by atoms with E-state index < -0.39 is 9.84 Å². The van der Waals surface area contributed by atoms with Gasteiger partial charge < -0.3 is 5.11 Å². The van der Waals surface area contributed by atoms with E-state index in [1.54, 1.807) is 25.1 Å². The fraction of sp³-hybridized carbons (Fsp3) is 0.200. The molecule has 0 aliphatic carbocycles. The smallest absolute Gasteiger partial charge is 0.215 e. The van der Waals surface area contributed by atoms with E-state index >= 15 is 0 Å². The molecular weight excluding hydrogens is 302 g/mol. The molecular formula is C15H15N3O3S. The van der Waals surface area contributed by atoms with E-state index in [0.29, 0.717) is 17.8 Å². The number of aromatic nitrogens is 3. The number of sulfone groups is 1. The highest BCUT2D eigenvalue weighted by Crippen LogP contribution is 2.29. The van der Waals surface area contributed by atoms with Crippen molar-refractivity contribution in [2.75, 3.05) is 0 Å². The third kappa shape index (κ3) is 2.14. The molecule has 0 saturated carbocycles. The maximum atomic E-state index is 12.9. The minimum absolute atomic E-state index is 0.0557. The van der Waals surface area contributed by atoms with Crippen LogP contribution in [0, 0.1) is 6.92 Å². The van der Waals surface area contributed by atoms with E-state index in [0.717, 1.165) is 0 Å². The summed E-state index contributed by atoms with van der Waals surface area (Å²) in [5.41, 5.74) is 1.06. The maximum Gasteiger partial charge on any atom is 0.215 e. The van der Waals surface area contributed by atoms with Gasteiger partial charge in [0.2, 0.25) is 15.7 Å². The predicted molar refractivity (Wildman–Crippen MR) is 80.7 cm³/mol. The lowest BCUT2D eigenvalue weighted by Crippen LogP contribution is -2.05. The quantitative estimate of drug-likeness (QED) is 0.800. The first-order chi connectivity index (χ1) is 10.4. The SMILES string of the molecule is CCc1nn2c(O)cc(C)nc2c1S(=O)(=O)c1ccccc1. The maximum absolute atomic E-state index is 12.9. The minimum Gasteiger partial charge on any atom is -0.493 e. The topological polar surface area (TPSA) is 84.6 Å². The second kappa shape index (κ2) is 5.10. The van der Waals surface area contributed by atoms with Gasteiger partial charge in [0.15, 0.2) is 5.65 Å². The summed E-state index contributed by atoms with van der Waals surface area (Å²) in [5, 5.41) is 14.2. The van der Waals surface area contributed by atoms with Crippen LogP contribution in [0.15, 0.2) is 46.2 Å². The average Bonchev–Trinajstić information content (AvgIpc) is 2.87. The van der Waals surface area contributed by atoms with E-state index in [9.17, 15) is 13.5 Å². The summed E-state index contributed by atoms with van der Waals surface area (Å²) in [6.45, 7) is 3.51. The number of hydrogen-bond donors (Lipinski definition) is 1. The molecule has 3 rings (SSSR count). The van der Waals surface area contributed by atoms with Gasteiger partial charge in [0, 0.05) is 11.8 Å². The molecule has 0 fully saturated rings. The number of rotatable bonds is 3. The molecule has 7 heteroatoms. The van der Waals surface area contributed by atoms with E-state index in [4.69, 9.17) is 0 Å². The molecule has 0 atom stereocenters. The third-order valence-corrected chi connectivity index (χ3v) is 5.23. The Morgan fingerprint density at radius 2 is 1.91 bits per heavy atom. The minimum atomic E-state index is -3.76. The molecule has 2 aromatic heterocycles. The van der Waals surface area contributed by atoms with Crippen LogP contribution >= 0.6 is 0 Å². The lowest BCUT2D eigenvalue weighted by molar-refractivity contribution is 0.434. The number of aryl methyl sites for hydroxylation is 2. The Morgan fingerprint density at radius 1 is 1.23 bits per heavy atom. The molecule has 0 unspecified atom stereocenters. The molecule has 0 aliphatic rings. The molecule has 0 saturated heterocycles. The summed E-state index contributed by atoms with van der Waals surface area (Å²) in [4.78, 5) is 4.50. The van der Waals surface area contributed by atoms with Gasteiger partial charge in [-0.2, -0.15) is 9.61 Å². The molecule has 3 aromatic rings. The molecule has 1 aromatic carbocycles. The molecule has 0 aliphatic heterocycles. The van der Waals surface area contributed by atoms with Crippen LogP contribution in [-0.2, 0) is 16.3 Å². The van der Waals surface area contributed by atoms with Crippen LogP contribution in [-0.4, -0.2) is 28.1 Å². The first-order valence-corrected chi connectivity index (χ1v) is 8.32. The molecule has 0 amide bonds. The van der Waals surface area contributed by atoms with Crippen molar-refractivity contribution in [3.63, 3.8) is 0 Å². The summed E-state index contributed by atoms with van der Waals surface area (Å²) >= 11 is 0. The largest absolute Gasteiger partial charge is 0.493 e. The Balaban J connectivity index is 2.40. The van der Waals surface area contributed by atoms with E-state index in [2.05, 4.69) is 10.1 Å². The Bertz CT molecular complexity index is 947. The second-order valence-electron chi connectivity index (χ2n) is 4.94. The highest BCUT2D eigenvalue weighted by atomic mass is 32.2. The van der Waals surface area contributed by atoms with Gasteiger partial charge in [0.1, 0.15) is 4.90 Å². The number of aromatic hydroxyl groups is 1. The van der Waals surface area contributed by atoms with E-state index in [1.165, 1.54) is 22.7 Å². The van der Waals surface area contributed by atoms with Crippen LogP contribution in [0.5, 0.6) is 5.88 Å². The number of fused-ring (bicyclic) bond motifs is 1. The molecule has 6 nitrogen and oxygen atoms in total. The molecule has 2 heterocycles. The second-order valence-corrected chi connectivity index (χ2v) is 6.82. The Kier molecular flexibility index (Phi) is 3.37. The summed E-state index contributed by atoms with van der Waals surface area (Å²) in [6.07, 6.45) is 0.420. The fourth-order valence-electron chi connectivity index (χ4n) is 2.37. The molecule has 1 N–H and O–H groups in total. The molecule has 114 valence electrons. The van der Waals surface area contributed by atoms with Gasteiger partial charge in [-0.1, -0.05) is 25.1 Å². The van der Waals surface area contributed by atoms with Crippen molar-refractivity contribution in [3.8, 4) is 5.88 Å². The molecule has 0 radical (unpaired) electrons. The predicted octanol–water partition coefficient (Wildman–Crippen LogP) is 2.14. The first-order valence-electron chi connectivity index (χ1n) is 6.83. The van der Waals surface area contributed by atoms with Gasteiger partial charge in [-0.15, -0.1) is 0 Å². The summed E-state index contributed by atoms with van der Waals surface area (Å²) in [6, 6.07) is 9.60. The third-order valence-electron chi connectivity index (χ3n) is 3.38. The zero-order chi connectivity index (χ0) is 15.9. The van der Waals surface area contributed by atoms with Crippen LogP contribution in [0.2, 0.25) is 0 Å². The van der Waals surface area contributed by atoms with Gasteiger partial charge >= 0.3 is 0 Å². The van der Waals surface area contributed by atoms with Crippen LogP contribution in [0.1, 0.15) is 18.3 Å². The van der Waals surface area contributed by atoms with Gasteiger partial charge in [-0.25, -0.2) is 13.4 Å². The standard InChI is InChI=1S/C15H15N3O3S/c1-3-12-14(22(20,21)11-7-5-4-6-8-11)15-16-10(2)9-13(19)18(15)17-12/h4-9,19H,3H2,1-2H3. The van der Waals surface area contributed by atoms with Gasteiger partial charge in [-0.05, 0) is 25.5 Å². The highest BCUT2D eigenvalue weighted by molar-refractivity contribution is 7.91. The number of benzene rings is 1. The Labute approximate surface area is 128 Å². The van der Waals surface area contributed by atoms with Gasteiger partial charge in [0.05, 0.1) is 10.6 Å². The zero-order valence-corrected chi connectivity index (χ0v) is 13.0. The highest BCUT2D eigenvalue weighted by Gasteiger charge is 2.28. The summed E-state index contributed by atoms with van der Waals surface area (Å²) in [7, 11) is -3.76. The lowest BCUT2D eigenvalue weighted by Gasteiger charge is -2.05. The van der Waals surface area contributed by atoms with Crippen molar-refractivity contribution >= 4 is 15.5 Å². The molecule has 0 spiro atoms. The van der Waals surface area contributed by atoms with E-state index in [-0.39, 0.29) is 21.3 Å². The monoisotopic (exact) mass is 317 g/mol. The van der Waals surface area contributed by atoms with E-state index in [1.807, 2.05) is 6.92 Å². The van der Waals surface area contributed by atoms with Crippen molar-refractivity contribution in [1.82, 2.24) is 14.6 Å². The van der Waals surface area contributed by atoms with Crippen LogP contribution in [0.25, 0.3) is 5.65 Å². The average molecular weight is 317 g/mol. The van der Waals surface area contributed by atoms with Crippen molar-refractivity contribution in [2.45, 2.75) is 30.1 Å². The normalized spacial score (nSPS) is 11.9. The zero-order valence-electron chi connectivity index (χ0n) is 12.2. The fourth-order valence-corrected chi connectivity index (χ4v) is 3.99. The van der Waals surface area contributed by atoms with Crippen LogP contribution < -0.4 is 0 Å². The number of hydrogen-bond acceptors (Lipinski definition) is 5. The number of nitrogens with zero attached hydrogens (tertiary/aromatic N) is 3. The van der Waals surface area contributed by atoms with Crippen molar-refractivity contribution in [1.29, 1.82) is 0 Å². The first kappa shape index (κ1) is 14.5.